The molecule has 0 bridgehead atoms. The summed E-state index contributed by atoms with van der Waals surface area (Å²) in [4.78, 5) is 24.8. The molecule has 0 saturated carbocycles. The molecule has 0 spiro atoms. The Bertz CT molecular complexity index is 768. The molecule has 6 heteroatoms. The second kappa shape index (κ2) is 7.51. The number of nitrogens with zero attached hydrogens (tertiary/aromatic N) is 2. The average molecular weight is 342 g/mol. The first-order valence-corrected chi connectivity index (χ1v) is 8.67. The lowest BCUT2D eigenvalue weighted by molar-refractivity contribution is -0.384. The molecule has 25 heavy (non-hydrogen) atoms. The minimum Gasteiger partial charge on any atom is -0.461 e. The Morgan fingerprint density at radius 1 is 1.32 bits per heavy atom. The molecule has 1 aromatic heterocycles. The molecular formula is C19H22N2O4. The van der Waals surface area contributed by atoms with Crippen LogP contribution in [0, 0.1) is 10.1 Å². The molecule has 1 aliphatic rings. The van der Waals surface area contributed by atoms with Gasteiger partial charge in [-0.2, -0.15) is 0 Å². The van der Waals surface area contributed by atoms with Crippen molar-refractivity contribution in [2.24, 2.45) is 0 Å². The Kier molecular flexibility index (Phi) is 5.16. The lowest BCUT2D eigenvalue weighted by Crippen LogP contribution is -2.42. The Hall–Kier alpha value is -2.63. The van der Waals surface area contributed by atoms with Crippen LogP contribution in [0.5, 0.6) is 0 Å². The van der Waals surface area contributed by atoms with Gasteiger partial charge in [0, 0.05) is 43.1 Å². The minimum atomic E-state index is -0.425. The van der Waals surface area contributed by atoms with Crippen LogP contribution in [0.2, 0.25) is 0 Å². The van der Waals surface area contributed by atoms with E-state index in [4.69, 9.17) is 4.42 Å². The Balaban J connectivity index is 1.63. The molecule has 6 nitrogen and oxygen atoms in total. The maximum Gasteiger partial charge on any atom is 0.270 e. The van der Waals surface area contributed by atoms with E-state index in [1.165, 1.54) is 18.6 Å². The van der Waals surface area contributed by atoms with E-state index < -0.39 is 4.92 Å². The zero-order valence-electron chi connectivity index (χ0n) is 14.3. The molecule has 1 fully saturated rings. The number of benzene rings is 1. The second-order valence-corrected chi connectivity index (χ2v) is 6.51. The normalized spacial score (nSPS) is 17.5. The summed E-state index contributed by atoms with van der Waals surface area (Å²) in [7, 11) is 0. The van der Waals surface area contributed by atoms with E-state index in [-0.39, 0.29) is 11.6 Å². The van der Waals surface area contributed by atoms with Crippen molar-refractivity contribution < 1.29 is 14.1 Å². The minimum absolute atomic E-state index is 0.0321. The van der Waals surface area contributed by atoms with Gasteiger partial charge in [-0.3, -0.25) is 14.9 Å². The fourth-order valence-corrected chi connectivity index (χ4v) is 3.28. The number of nitro groups is 1. The van der Waals surface area contributed by atoms with Crippen LogP contribution in [0.3, 0.4) is 0 Å². The van der Waals surface area contributed by atoms with E-state index in [2.05, 4.69) is 6.92 Å². The van der Waals surface area contributed by atoms with E-state index in [1.807, 2.05) is 11.0 Å². The van der Waals surface area contributed by atoms with E-state index >= 15 is 0 Å². The third-order valence-corrected chi connectivity index (χ3v) is 4.71. The molecular weight excluding hydrogens is 320 g/mol. The summed E-state index contributed by atoms with van der Waals surface area (Å²) in [5.74, 6) is 1.47. The van der Waals surface area contributed by atoms with Gasteiger partial charge in [-0.15, -0.1) is 0 Å². The lowest BCUT2D eigenvalue weighted by Gasteiger charge is -2.33. The fraction of sp³-hybridized carbons (Fsp3) is 0.421. The molecule has 2 aromatic rings. The smallest absolute Gasteiger partial charge is 0.270 e. The first-order valence-electron chi connectivity index (χ1n) is 8.67. The maximum absolute atomic E-state index is 12.4. The van der Waals surface area contributed by atoms with Crippen molar-refractivity contribution in [1.82, 2.24) is 4.90 Å². The number of carbonyl (C=O) groups excluding carboxylic acids is 1. The maximum atomic E-state index is 12.4. The van der Waals surface area contributed by atoms with Gasteiger partial charge in [0.2, 0.25) is 5.91 Å². The van der Waals surface area contributed by atoms with Gasteiger partial charge in [0.05, 0.1) is 4.92 Å². The summed E-state index contributed by atoms with van der Waals surface area (Å²) < 4.78 is 5.78. The molecule has 0 aliphatic carbocycles. The van der Waals surface area contributed by atoms with E-state index in [0.29, 0.717) is 30.2 Å². The summed E-state index contributed by atoms with van der Waals surface area (Å²) in [6.45, 7) is 2.95. The Labute approximate surface area is 146 Å². The molecule has 0 N–H and O–H groups in total. The average Bonchev–Trinajstić information content (AvgIpc) is 3.09. The van der Waals surface area contributed by atoms with Crippen molar-refractivity contribution >= 4 is 11.6 Å². The molecule has 1 aromatic carbocycles. The Morgan fingerprint density at radius 2 is 2.16 bits per heavy atom. The van der Waals surface area contributed by atoms with Gasteiger partial charge < -0.3 is 9.32 Å². The third kappa shape index (κ3) is 4.07. The molecule has 0 unspecified atom stereocenters. The molecule has 132 valence electrons. The van der Waals surface area contributed by atoms with Gasteiger partial charge in [0.25, 0.3) is 5.69 Å². The number of aryl methyl sites for hydroxylation is 1. The highest BCUT2D eigenvalue weighted by atomic mass is 16.6. The number of likely N-dealkylation sites (tertiary alicyclic amines) is 1. The topological polar surface area (TPSA) is 76.6 Å². The van der Waals surface area contributed by atoms with Gasteiger partial charge in [-0.05, 0) is 38.3 Å². The summed E-state index contributed by atoms with van der Waals surface area (Å²) in [5, 5.41) is 10.9. The molecule has 0 radical (unpaired) electrons. The molecule has 1 atom stereocenters. The van der Waals surface area contributed by atoms with Gasteiger partial charge in [-0.25, -0.2) is 0 Å². The third-order valence-electron chi connectivity index (χ3n) is 4.71. The van der Waals surface area contributed by atoms with Crippen LogP contribution in [0.25, 0.3) is 11.3 Å². The van der Waals surface area contributed by atoms with Crippen LogP contribution in [0.4, 0.5) is 5.69 Å². The Morgan fingerprint density at radius 3 is 2.92 bits per heavy atom. The lowest BCUT2D eigenvalue weighted by atomic mass is 10.0. The molecule has 3 rings (SSSR count). The molecule has 1 amide bonds. The van der Waals surface area contributed by atoms with Crippen molar-refractivity contribution in [2.45, 2.75) is 45.1 Å². The van der Waals surface area contributed by atoms with Gasteiger partial charge in [-0.1, -0.05) is 12.1 Å². The van der Waals surface area contributed by atoms with Crippen LogP contribution < -0.4 is 0 Å². The van der Waals surface area contributed by atoms with Gasteiger partial charge >= 0.3 is 0 Å². The largest absolute Gasteiger partial charge is 0.461 e. The number of hydrogen-bond donors (Lipinski definition) is 0. The zero-order chi connectivity index (χ0) is 17.8. The van der Waals surface area contributed by atoms with Crippen LogP contribution in [0.1, 0.15) is 38.4 Å². The van der Waals surface area contributed by atoms with Gasteiger partial charge in [0.15, 0.2) is 0 Å². The van der Waals surface area contributed by atoms with Crippen molar-refractivity contribution in [1.29, 1.82) is 0 Å². The van der Waals surface area contributed by atoms with E-state index in [1.54, 1.807) is 18.2 Å². The number of carbonyl (C=O) groups is 1. The monoisotopic (exact) mass is 342 g/mol. The van der Waals surface area contributed by atoms with Crippen molar-refractivity contribution in [3.05, 3.63) is 52.3 Å². The zero-order valence-corrected chi connectivity index (χ0v) is 14.3. The number of amides is 1. The standard InChI is InChI=1S/C19H22N2O4/c1-14-5-2-3-12-20(14)19(22)11-9-17-8-10-18(25-17)15-6-4-7-16(13-15)21(23)24/h4,6-8,10,13-14H,2-3,5,9,11-12H2,1H3/t14-/m1/s1. The number of furan rings is 1. The number of piperidine rings is 1. The van der Waals surface area contributed by atoms with Crippen molar-refractivity contribution in [3.63, 3.8) is 0 Å². The number of rotatable bonds is 5. The first kappa shape index (κ1) is 17.2. The second-order valence-electron chi connectivity index (χ2n) is 6.51. The summed E-state index contributed by atoms with van der Waals surface area (Å²) in [6.07, 6.45) is 4.30. The number of non-ortho nitro benzene ring substituents is 1. The van der Waals surface area contributed by atoms with Crippen LogP contribution in [0.15, 0.2) is 40.8 Å². The van der Waals surface area contributed by atoms with Crippen molar-refractivity contribution in [3.8, 4) is 11.3 Å². The van der Waals surface area contributed by atoms with Gasteiger partial charge in [0.1, 0.15) is 11.5 Å². The SMILES string of the molecule is C[C@@H]1CCCCN1C(=O)CCc1ccc(-c2cccc([N+](=O)[O-])c2)o1. The van der Waals surface area contributed by atoms with E-state index in [9.17, 15) is 14.9 Å². The number of nitro benzene ring substituents is 1. The van der Waals surface area contributed by atoms with Crippen LogP contribution in [-0.4, -0.2) is 28.3 Å². The van der Waals surface area contributed by atoms with Crippen LogP contribution >= 0.6 is 0 Å². The fourth-order valence-electron chi connectivity index (χ4n) is 3.28. The van der Waals surface area contributed by atoms with E-state index in [0.717, 1.165) is 25.1 Å². The highest BCUT2D eigenvalue weighted by Gasteiger charge is 2.23. The van der Waals surface area contributed by atoms with Crippen LogP contribution in [-0.2, 0) is 11.2 Å². The highest BCUT2D eigenvalue weighted by molar-refractivity contribution is 5.76. The molecule has 1 aliphatic heterocycles. The quantitative estimate of drug-likeness (QED) is 0.603. The predicted octanol–water partition coefficient (Wildman–Crippen LogP) is 4.19. The summed E-state index contributed by atoms with van der Waals surface area (Å²) >= 11 is 0. The number of hydrogen-bond acceptors (Lipinski definition) is 4. The predicted molar refractivity (Wildman–Crippen MR) is 94.1 cm³/mol. The molecule has 2 heterocycles. The first-order chi connectivity index (χ1) is 12.0. The summed E-state index contributed by atoms with van der Waals surface area (Å²) in [6, 6.07) is 10.3. The molecule has 1 saturated heterocycles. The van der Waals surface area contributed by atoms with Crippen molar-refractivity contribution in [2.75, 3.05) is 6.54 Å². The summed E-state index contributed by atoms with van der Waals surface area (Å²) in [5.41, 5.74) is 0.696. The highest BCUT2D eigenvalue weighted by Crippen LogP contribution is 2.26.